The summed E-state index contributed by atoms with van der Waals surface area (Å²) < 4.78 is 4.77. The first-order valence-corrected chi connectivity index (χ1v) is 6.83. The number of aliphatic hydroxyl groups excluding tert-OH is 1. The molecule has 0 bridgehead atoms. The predicted octanol–water partition coefficient (Wildman–Crippen LogP) is 2.23. The summed E-state index contributed by atoms with van der Waals surface area (Å²) in [5.41, 5.74) is 1.22. The third-order valence-corrected chi connectivity index (χ3v) is 3.29. The van der Waals surface area contributed by atoms with E-state index in [1.54, 1.807) is 18.7 Å². The molecule has 4 heteroatoms. The number of aliphatic hydroxyl groups is 1. The number of rotatable bonds is 7. The van der Waals surface area contributed by atoms with Crippen LogP contribution in [0.1, 0.15) is 18.9 Å². The summed E-state index contributed by atoms with van der Waals surface area (Å²) in [6.07, 6.45) is -0.543. The van der Waals surface area contributed by atoms with Gasteiger partial charge in [-0.25, -0.2) is 0 Å². The van der Waals surface area contributed by atoms with Crippen molar-refractivity contribution in [3.05, 3.63) is 35.9 Å². The average Bonchev–Trinajstić information content (AvgIpc) is 2.30. The van der Waals surface area contributed by atoms with Crippen LogP contribution in [0.4, 0.5) is 0 Å². The van der Waals surface area contributed by atoms with E-state index in [1.165, 1.54) is 5.56 Å². The van der Waals surface area contributed by atoms with Crippen LogP contribution in [0.5, 0.6) is 0 Å². The highest BCUT2D eigenvalue weighted by molar-refractivity contribution is 7.98. The number of esters is 1. The molecule has 0 aliphatic rings. The largest absolute Gasteiger partial charge is 0.466 e. The fourth-order valence-corrected chi connectivity index (χ4v) is 2.29. The first-order valence-electron chi connectivity index (χ1n) is 5.67. The van der Waals surface area contributed by atoms with Gasteiger partial charge in [0.2, 0.25) is 0 Å². The number of carbonyl (C=O) groups excluding carboxylic acids is 1. The molecule has 1 atom stereocenters. The molecule has 0 heterocycles. The van der Waals surface area contributed by atoms with Crippen molar-refractivity contribution in [2.75, 3.05) is 12.4 Å². The summed E-state index contributed by atoms with van der Waals surface area (Å²) in [6, 6.07) is 10.1. The molecule has 1 aromatic rings. The van der Waals surface area contributed by atoms with Crippen LogP contribution < -0.4 is 0 Å². The van der Waals surface area contributed by atoms with Gasteiger partial charge >= 0.3 is 5.97 Å². The fourth-order valence-electron chi connectivity index (χ4n) is 1.36. The van der Waals surface area contributed by atoms with E-state index in [-0.39, 0.29) is 12.4 Å². The summed E-state index contributed by atoms with van der Waals surface area (Å²) in [5.74, 6) is 1.06. The Morgan fingerprint density at radius 1 is 1.41 bits per heavy atom. The Labute approximate surface area is 106 Å². The van der Waals surface area contributed by atoms with Gasteiger partial charge < -0.3 is 9.84 Å². The number of hydrogen-bond donors (Lipinski definition) is 1. The number of benzene rings is 1. The van der Waals surface area contributed by atoms with Crippen molar-refractivity contribution in [3.63, 3.8) is 0 Å². The summed E-state index contributed by atoms with van der Waals surface area (Å²) in [5, 5.41) is 9.60. The van der Waals surface area contributed by atoms with Gasteiger partial charge in [-0.2, -0.15) is 11.8 Å². The molecule has 0 saturated heterocycles. The maximum Gasteiger partial charge on any atom is 0.308 e. The Bertz CT molecular complexity index is 327. The summed E-state index contributed by atoms with van der Waals surface area (Å²) in [4.78, 5) is 11.1. The Balaban J connectivity index is 2.16. The highest BCUT2D eigenvalue weighted by Crippen LogP contribution is 2.14. The maximum atomic E-state index is 11.1. The first-order chi connectivity index (χ1) is 8.22. The highest BCUT2D eigenvalue weighted by atomic mass is 32.2. The lowest BCUT2D eigenvalue weighted by Crippen LogP contribution is -2.17. The van der Waals surface area contributed by atoms with Crippen LogP contribution in [-0.4, -0.2) is 29.5 Å². The van der Waals surface area contributed by atoms with E-state index in [9.17, 15) is 9.90 Å². The lowest BCUT2D eigenvalue weighted by Gasteiger charge is -2.09. The van der Waals surface area contributed by atoms with Crippen LogP contribution in [0, 0.1) is 0 Å². The van der Waals surface area contributed by atoms with Gasteiger partial charge in [-0.15, -0.1) is 0 Å². The molecule has 94 valence electrons. The number of ether oxygens (including phenoxy) is 1. The van der Waals surface area contributed by atoms with Crippen molar-refractivity contribution in [3.8, 4) is 0 Å². The second-order valence-electron chi connectivity index (χ2n) is 3.66. The molecule has 3 nitrogen and oxygen atoms in total. The van der Waals surface area contributed by atoms with Crippen LogP contribution in [0.2, 0.25) is 0 Å². The summed E-state index contributed by atoms with van der Waals surface area (Å²) in [7, 11) is 0. The molecular weight excluding hydrogens is 236 g/mol. The van der Waals surface area contributed by atoms with Gasteiger partial charge in [0.1, 0.15) is 0 Å². The van der Waals surface area contributed by atoms with Gasteiger partial charge in [0.15, 0.2) is 0 Å². The van der Waals surface area contributed by atoms with E-state index < -0.39 is 6.10 Å². The lowest BCUT2D eigenvalue weighted by atomic mass is 10.2. The molecule has 0 spiro atoms. The van der Waals surface area contributed by atoms with Crippen molar-refractivity contribution in [2.45, 2.75) is 25.2 Å². The zero-order valence-corrected chi connectivity index (χ0v) is 10.8. The molecule has 1 N–H and O–H groups in total. The molecule has 0 radical (unpaired) electrons. The van der Waals surface area contributed by atoms with Crippen molar-refractivity contribution in [2.24, 2.45) is 0 Å². The fraction of sp³-hybridized carbons (Fsp3) is 0.462. The van der Waals surface area contributed by atoms with E-state index in [1.807, 2.05) is 30.3 Å². The van der Waals surface area contributed by atoms with E-state index in [0.717, 1.165) is 5.75 Å². The minimum Gasteiger partial charge on any atom is -0.466 e. The normalized spacial score (nSPS) is 12.1. The molecule has 0 fully saturated rings. The van der Waals surface area contributed by atoms with Crippen molar-refractivity contribution in [1.29, 1.82) is 0 Å². The minimum absolute atomic E-state index is 0.0790. The average molecular weight is 254 g/mol. The summed E-state index contributed by atoms with van der Waals surface area (Å²) >= 11 is 1.62. The monoisotopic (exact) mass is 254 g/mol. The van der Waals surface area contributed by atoms with Crippen LogP contribution in [0.3, 0.4) is 0 Å². The molecule has 0 aromatic heterocycles. The number of carbonyl (C=O) groups is 1. The van der Waals surface area contributed by atoms with Crippen molar-refractivity contribution >= 4 is 17.7 Å². The molecule has 0 amide bonds. The second-order valence-corrected chi connectivity index (χ2v) is 4.69. The number of hydrogen-bond acceptors (Lipinski definition) is 4. The zero-order valence-electron chi connectivity index (χ0n) is 9.96. The van der Waals surface area contributed by atoms with E-state index in [0.29, 0.717) is 12.4 Å². The van der Waals surface area contributed by atoms with Gasteiger partial charge in [0.05, 0.1) is 19.1 Å². The topological polar surface area (TPSA) is 46.5 Å². The second kappa shape index (κ2) is 8.14. The van der Waals surface area contributed by atoms with E-state index >= 15 is 0 Å². The Morgan fingerprint density at radius 3 is 2.76 bits per heavy atom. The molecule has 1 rings (SSSR count). The standard InChI is InChI=1S/C13H18O3S/c1-2-16-13(15)8-12(14)10-17-9-11-6-4-3-5-7-11/h3-7,12,14H,2,8-10H2,1H3. The van der Waals surface area contributed by atoms with E-state index in [2.05, 4.69) is 0 Å². The first kappa shape index (κ1) is 14.1. The molecular formula is C13H18O3S. The highest BCUT2D eigenvalue weighted by Gasteiger charge is 2.11. The third-order valence-electron chi connectivity index (χ3n) is 2.13. The summed E-state index contributed by atoms with van der Waals surface area (Å²) in [6.45, 7) is 2.12. The predicted molar refractivity (Wildman–Crippen MR) is 69.9 cm³/mol. The van der Waals surface area contributed by atoms with Crippen molar-refractivity contribution < 1.29 is 14.6 Å². The molecule has 1 aromatic carbocycles. The van der Waals surface area contributed by atoms with Crippen molar-refractivity contribution in [1.82, 2.24) is 0 Å². The molecule has 0 aliphatic carbocycles. The minimum atomic E-state index is -0.622. The number of thioether (sulfide) groups is 1. The van der Waals surface area contributed by atoms with Gasteiger partial charge in [-0.05, 0) is 12.5 Å². The lowest BCUT2D eigenvalue weighted by molar-refractivity contribution is -0.144. The SMILES string of the molecule is CCOC(=O)CC(O)CSCc1ccccc1. The van der Waals surface area contributed by atoms with Crippen LogP contribution in [0.15, 0.2) is 30.3 Å². The Morgan fingerprint density at radius 2 is 2.12 bits per heavy atom. The van der Waals surface area contributed by atoms with Crippen LogP contribution >= 0.6 is 11.8 Å². The van der Waals surface area contributed by atoms with Gasteiger partial charge in [0.25, 0.3) is 0 Å². The zero-order chi connectivity index (χ0) is 12.5. The Hall–Kier alpha value is -1.00. The maximum absolute atomic E-state index is 11.1. The molecule has 17 heavy (non-hydrogen) atoms. The molecule has 1 unspecified atom stereocenters. The van der Waals surface area contributed by atoms with Gasteiger partial charge in [-0.3, -0.25) is 4.79 Å². The van der Waals surface area contributed by atoms with Crippen LogP contribution in [-0.2, 0) is 15.3 Å². The molecule has 0 saturated carbocycles. The smallest absolute Gasteiger partial charge is 0.308 e. The quantitative estimate of drug-likeness (QED) is 0.758. The van der Waals surface area contributed by atoms with Gasteiger partial charge in [0, 0.05) is 11.5 Å². The van der Waals surface area contributed by atoms with Gasteiger partial charge in [-0.1, -0.05) is 30.3 Å². The van der Waals surface area contributed by atoms with Crippen LogP contribution in [0.25, 0.3) is 0 Å². The third kappa shape index (κ3) is 6.34. The Kier molecular flexibility index (Phi) is 6.74. The van der Waals surface area contributed by atoms with E-state index in [4.69, 9.17) is 4.74 Å². The molecule has 0 aliphatic heterocycles.